The summed E-state index contributed by atoms with van der Waals surface area (Å²) in [5.41, 5.74) is 1.38. The van der Waals surface area contributed by atoms with Gasteiger partial charge in [0.15, 0.2) is 0 Å². The van der Waals surface area contributed by atoms with Crippen LogP contribution < -0.4 is 4.72 Å². The highest BCUT2D eigenvalue weighted by atomic mass is 32.2. The third-order valence-corrected chi connectivity index (χ3v) is 7.67. The van der Waals surface area contributed by atoms with Crippen molar-refractivity contribution in [3.8, 4) is 0 Å². The van der Waals surface area contributed by atoms with E-state index in [1.54, 1.807) is 18.2 Å². The van der Waals surface area contributed by atoms with Crippen molar-refractivity contribution in [1.82, 2.24) is 9.62 Å². The van der Waals surface area contributed by atoms with Crippen LogP contribution in [0.3, 0.4) is 0 Å². The Hall–Kier alpha value is -1.40. The molecule has 0 radical (unpaired) electrons. The summed E-state index contributed by atoms with van der Waals surface area (Å²) in [6.07, 6.45) is 8.80. The summed E-state index contributed by atoms with van der Waals surface area (Å²) < 4.78 is 27.8. The van der Waals surface area contributed by atoms with E-state index >= 15 is 0 Å². The summed E-state index contributed by atoms with van der Waals surface area (Å²) in [5.74, 6) is 0.618. The minimum absolute atomic E-state index is 0.00238. The van der Waals surface area contributed by atoms with Crippen LogP contribution in [0.15, 0.2) is 23.1 Å². The molecule has 1 saturated heterocycles. The molecule has 3 aliphatic rings. The Bertz CT molecular complexity index is 799. The number of carbonyl (C=O) groups is 1. The summed E-state index contributed by atoms with van der Waals surface area (Å²) in [5, 5.41) is 0. The molecule has 1 aliphatic heterocycles. The van der Waals surface area contributed by atoms with Crippen molar-refractivity contribution in [2.24, 2.45) is 5.92 Å². The Balaban J connectivity index is 1.61. The Morgan fingerprint density at radius 1 is 1.08 bits per heavy atom. The lowest BCUT2D eigenvalue weighted by molar-refractivity contribution is 0.0390. The normalized spacial score (nSPS) is 26.4. The average molecular weight is 377 g/mol. The van der Waals surface area contributed by atoms with Gasteiger partial charge in [0.25, 0.3) is 5.91 Å². The molecule has 6 heteroatoms. The molecule has 3 fully saturated rings. The Morgan fingerprint density at radius 3 is 2.58 bits per heavy atom. The second-order valence-electron chi connectivity index (χ2n) is 8.12. The zero-order chi connectivity index (χ0) is 18.3. The predicted molar refractivity (Wildman–Crippen MR) is 101 cm³/mol. The zero-order valence-electron chi connectivity index (χ0n) is 15.4. The molecular weight excluding hydrogens is 348 g/mol. The van der Waals surface area contributed by atoms with Gasteiger partial charge in [0.1, 0.15) is 0 Å². The summed E-state index contributed by atoms with van der Waals surface area (Å²) in [7, 11) is -3.54. The summed E-state index contributed by atoms with van der Waals surface area (Å²) in [6, 6.07) is 5.34. The number of amides is 1. The van der Waals surface area contributed by atoms with Gasteiger partial charge in [-0.2, -0.15) is 0 Å². The monoisotopic (exact) mass is 376 g/mol. The van der Waals surface area contributed by atoms with E-state index in [0.717, 1.165) is 37.8 Å². The third-order valence-electron chi connectivity index (χ3n) is 6.15. The van der Waals surface area contributed by atoms with Gasteiger partial charge in [-0.05, 0) is 69.1 Å². The van der Waals surface area contributed by atoms with E-state index in [-0.39, 0.29) is 16.8 Å². The number of rotatable bonds is 4. The molecule has 4 rings (SSSR count). The first-order valence-corrected chi connectivity index (χ1v) is 11.4. The quantitative estimate of drug-likeness (QED) is 0.877. The molecule has 2 aliphatic carbocycles. The van der Waals surface area contributed by atoms with Crippen LogP contribution in [0.1, 0.15) is 67.3 Å². The molecule has 1 N–H and O–H groups in total. The van der Waals surface area contributed by atoms with Crippen LogP contribution in [0.4, 0.5) is 0 Å². The first kappa shape index (κ1) is 18.0. The van der Waals surface area contributed by atoms with Gasteiger partial charge in [0, 0.05) is 24.2 Å². The van der Waals surface area contributed by atoms with E-state index < -0.39 is 10.0 Å². The highest BCUT2D eigenvalue weighted by Crippen LogP contribution is 2.36. The van der Waals surface area contributed by atoms with Crippen LogP contribution >= 0.6 is 0 Å². The van der Waals surface area contributed by atoms with Crippen molar-refractivity contribution in [1.29, 1.82) is 0 Å². The van der Waals surface area contributed by atoms with Crippen LogP contribution in [-0.2, 0) is 10.0 Å². The topological polar surface area (TPSA) is 66.5 Å². The molecule has 0 spiro atoms. The van der Waals surface area contributed by atoms with Crippen LogP contribution in [0.2, 0.25) is 0 Å². The Kier molecular flexibility index (Phi) is 4.82. The number of piperidine rings is 1. The Morgan fingerprint density at radius 2 is 1.81 bits per heavy atom. The molecule has 2 saturated carbocycles. The number of benzene rings is 1. The number of aryl methyl sites for hydroxylation is 1. The maximum absolute atomic E-state index is 13.3. The second kappa shape index (κ2) is 6.97. The minimum Gasteiger partial charge on any atom is -0.335 e. The number of likely N-dealkylation sites (tertiary alicyclic amines) is 1. The molecule has 0 aromatic heterocycles. The zero-order valence-corrected chi connectivity index (χ0v) is 16.2. The molecule has 1 amide bonds. The standard InChI is InChI=1S/C20H28N2O3S/c1-14-8-11-17(26(24,25)21-16-9-10-16)13-18(14)20(23)22-12-4-6-15-5-2-3-7-19(15)22/h8,11,13,15-16,19,21H,2-7,9-10,12H2,1H3. The van der Waals surface area contributed by atoms with Gasteiger partial charge in [-0.3, -0.25) is 4.79 Å². The lowest BCUT2D eigenvalue weighted by Crippen LogP contribution is -2.49. The summed E-state index contributed by atoms with van der Waals surface area (Å²) >= 11 is 0. The van der Waals surface area contributed by atoms with Crippen molar-refractivity contribution < 1.29 is 13.2 Å². The smallest absolute Gasteiger partial charge is 0.254 e. The number of fused-ring (bicyclic) bond motifs is 1. The van der Waals surface area contributed by atoms with Gasteiger partial charge in [0.2, 0.25) is 10.0 Å². The van der Waals surface area contributed by atoms with Crippen molar-refractivity contribution in [3.63, 3.8) is 0 Å². The molecule has 0 bridgehead atoms. The van der Waals surface area contributed by atoms with Crippen LogP contribution in [0.5, 0.6) is 0 Å². The van der Waals surface area contributed by atoms with Crippen molar-refractivity contribution in [3.05, 3.63) is 29.3 Å². The van der Waals surface area contributed by atoms with E-state index in [0.29, 0.717) is 17.5 Å². The fraction of sp³-hybridized carbons (Fsp3) is 0.650. The highest BCUT2D eigenvalue weighted by molar-refractivity contribution is 7.89. The van der Waals surface area contributed by atoms with Crippen molar-refractivity contribution in [2.45, 2.75) is 75.3 Å². The van der Waals surface area contributed by atoms with E-state index in [1.807, 2.05) is 11.8 Å². The number of nitrogens with zero attached hydrogens (tertiary/aromatic N) is 1. The number of carbonyl (C=O) groups excluding carboxylic acids is 1. The van der Waals surface area contributed by atoms with Crippen molar-refractivity contribution in [2.75, 3.05) is 6.54 Å². The molecule has 2 unspecified atom stereocenters. The van der Waals surface area contributed by atoms with Gasteiger partial charge < -0.3 is 4.90 Å². The number of sulfonamides is 1. The maximum Gasteiger partial charge on any atom is 0.254 e. The predicted octanol–water partition coefficient (Wildman–Crippen LogP) is 3.23. The minimum atomic E-state index is -3.54. The van der Waals surface area contributed by atoms with Crippen LogP contribution in [0, 0.1) is 12.8 Å². The fourth-order valence-electron chi connectivity index (χ4n) is 4.52. The third kappa shape index (κ3) is 3.54. The van der Waals surface area contributed by atoms with E-state index in [4.69, 9.17) is 0 Å². The molecule has 2 atom stereocenters. The summed E-state index contributed by atoms with van der Waals surface area (Å²) in [6.45, 7) is 2.68. The second-order valence-corrected chi connectivity index (χ2v) is 9.84. The maximum atomic E-state index is 13.3. The lowest BCUT2D eigenvalue weighted by Gasteiger charge is -2.44. The van der Waals surface area contributed by atoms with Crippen LogP contribution in [0.25, 0.3) is 0 Å². The van der Waals surface area contributed by atoms with Crippen LogP contribution in [-0.4, -0.2) is 37.9 Å². The van der Waals surface area contributed by atoms with Gasteiger partial charge in [-0.1, -0.05) is 18.9 Å². The number of nitrogens with one attached hydrogen (secondary N) is 1. The van der Waals surface area contributed by atoms with Gasteiger partial charge in [-0.15, -0.1) is 0 Å². The molecule has 26 heavy (non-hydrogen) atoms. The number of hydrogen-bond donors (Lipinski definition) is 1. The molecular formula is C20H28N2O3S. The Labute approximate surface area is 156 Å². The van der Waals surface area contributed by atoms with E-state index in [2.05, 4.69) is 4.72 Å². The van der Waals surface area contributed by atoms with E-state index in [9.17, 15) is 13.2 Å². The lowest BCUT2D eigenvalue weighted by atomic mass is 9.78. The van der Waals surface area contributed by atoms with Gasteiger partial charge in [-0.25, -0.2) is 13.1 Å². The molecule has 1 aromatic rings. The molecule has 5 nitrogen and oxygen atoms in total. The molecule has 1 aromatic carbocycles. The SMILES string of the molecule is Cc1ccc(S(=O)(=O)NC2CC2)cc1C(=O)N1CCCC2CCCCC21. The van der Waals surface area contributed by atoms with Crippen molar-refractivity contribution >= 4 is 15.9 Å². The fourth-order valence-corrected chi connectivity index (χ4v) is 5.85. The average Bonchev–Trinajstić information content (AvgIpc) is 3.44. The first-order chi connectivity index (χ1) is 12.5. The number of hydrogen-bond acceptors (Lipinski definition) is 3. The van der Waals surface area contributed by atoms with E-state index in [1.165, 1.54) is 25.7 Å². The first-order valence-electron chi connectivity index (χ1n) is 9.90. The van der Waals surface area contributed by atoms with Gasteiger partial charge in [0.05, 0.1) is 4.90 Å². The summed E-state index contributed by atoms with van der Waals surface area (Å²) in [4.78, 5) is 15.5. The largest absolute Gasteiger partial charge is 0.335 e. The molecule has 142 valence electrons. The molecule has 1 heterocycles. The highest BCUT2D eigenvalue weighted by Gasteiger charge is 2.36. The van der Waals surface area contributed by atoms with Gasteiger partial charge >= 0.3 is 0 Å².